The first-order valence-corrected chi connectivity index (χ1v) is 8.23. The molecule has 1 heterocycles. The third-order valence-corrected chi connectivity index (χ3v) is 3.73. The molecule has 2 aromatic carbocycles. The molecule has 2 N–H and O–H groups in total. The van der Waals surface area contributed by atoms with E-state index < -0.39 is 0 Å². The molecule has 1 aromatic heterocycles. The van der Waals surface area contributed by atoms with E-state index >= 15 is 0 Å². The number of nitrogens with one attached hydrogen (secondary N) is 2. The number of ether oxygens (including phenoxy) is 1. The number of nitrogens with zero attached hydrogens (tertiary/aromatic N) is 2. The number of methoxy groups -OCH3 is 1. The summed E-state index contributed by atoms with van der Waals surface area (Å²) in [4.78, 5) is 21.0. The van der Waals surface area contributed by atoms with Crippen molar-refractivity contribution in [2.75, 3.05) is 12.4 Å². The predicted octanol–water partition coefficient (Wildman–Crippen LogP) is 3.47. The molecule has 6 heteroatoms. The highest BCUT2D eigenvalue weighted by Crippen LogP contribution is 2.19. The number of anilines is 2. The van der Waals surface area contributed by atoms with E-state index in [2.05, 4.69) is 20.6 Å². The van der Waals surface area contributed by atoms with Crippen LogP contribution in [0.2, 0.25) is 0 Å². The maximum Gasteiger partial charge on any atom is 0.270 e. The average Bonchev–Trinajstić information content (AvgIpc) is 2.67. The number of carbonyl (C=O) groups is 1. The van der Waals surface area contributed by atoms with Crippen molar-refractivity contribution in [3.63, 3.8) is 0 Å². The van der Waals surface area contributed by atoms with Crippen LogP contribution in [0.15, 0.2) is 60.7 Å². The van der Waals surface area contributed by atoms with Crippen molar-refractivity contribution >= 4 is 17.4 Å². The van der Waals surface area contributed by atoms with Crippen molar-refractivity contribution in [1.29, 1.82) is 0 Å². The van der Waals surface area contributed by atoms with Gasteiger partial charge in [-0.1, -0.05) is 30.3 Å². The van der Waals surface area contributed by atoms with Gasteiger partial charge in [0.2, 0.25) is 0 Å². The molecule has 0 unspecified atom stereocenters. The Bertz CT molecular complexity index is 880. The first kappa shape index (κ1) is 17.4. The second-order valence-corrected chi connectivity index (χ2v) is 5.71. The van der Waals surface area contributed by atoms with Gasteiger partial charge in [0.25, 0.3) is 5.91 Å². The Hall–Kier alpha value is -3.41. The van der Waals surface area contributed by atoms with E-state index in [0.717, 1.165) is 17.0 Å². The normalized spacial score (nSPS) is 10.2. The Morgan fingerprint density at radius 3 is 2.46 bits per heavy atom. The van der Waals surface area contributed by atoms with E-state index in [1.165, 1.54) is 0 Å². The summed E-state index contributed by atoms with van der Waals surface area (Å²) in [7, 11) is 1.62. The Kier molecular flexibility index (Phi) is 5.43. The predicted molar refractivity (Wildman–Crippen MR) is 101 cm³/mol. The summed E-state index contributed by atoms with van der Waals surface area (Å²) in [5.41, 5.74) is 2.20. The van der Waals surface area contributed by atoms with Crippen LogP contribution in [-0.4, -0.2) is 23.0 Å². The molecule has 0 atom stereocenters. The molecule has 0 spiro atoms. The van der Waals surface area contributed by atoms with Gasteiger partial charge in [0.15, 0.2) is 0 Å². The van der Waals surface area contributed by atoms with Crippen LogP contribution in [0, 0.1) is 6.92 Å². The molecule has 6 nitrogen and oxygen atoms in total. The fraction of sp³-hybridized carbons (Fsp3) is 0.150. The molecule has 3 rings (SSSR count). The molecule has 3 aromatic rings. The topological polar surface area (TPSA) is 76.1 Å². The van der Waals surface area contributed by atoms with Crippen molar-refractivity contribution in [3.05, 3.63) is 77.7 Å². The van der Waals surface area contributed by atoms with Gasteiger partial charge in [-0.25, -0.2) is 9.97 Å². The lowest BCUT2D eigenvalue weighted by molar-refractivity contribution is 0.0945. The van der Waals surface area contributed by atoms with Gasteiger partial charge in [-0.15, -0.1) is 0 Å². The van der Waals surface area contributed by atoms with Gasteiger partial charge < -0.3 is 15.4 Å². The molecule has 0 bridgehead atoms. The van der Waals surface area contributed by atoms with Crippen LogP contribution in [0.4, 0.5) is 11.5 Å². The summed E-state index contributed by atoms with van der Waals surface area (Å²) in [6, 6.07) is 18.8. The van der Waals surface area contributed by atoms with E-state index in [4.69, 9.17) is 4.74 Å². The highest BCUT2D eigenvalue weighted by Gasteiger charge is 2.10. The number of aromatic nitrogens is 2. The summed E-state index contributed by atoms with van der Waals surface area (Å²) in [6.07, 6.45) is 0. The number of amides is 1. The van der Waals surface area contributed by atoms with Crippen LogP contribution in [0.25, 0.3) is 0 Å². The Balaban J connectivity index is 1.70. The molecule has 132 valence electrons. The largest absolute Gasteiger partial charge is 0.497 e. The number of benzene rings is 2. The van der Waals surface area contributed by atoms with Gasteiger partial charge in [0.05, 0.1) is 7.11 Å². The lowest BCUT2D eigenvalue weighted by Gasteiger charge is -2.10. The maximum atomic E-state index is 12.4. The van der Waals surface area contributed by atoms with E-state index in [0.29, 0.717) is 23.9 Å². The maximum absolute atomic E-state index is 12.4. The van der Waals surface area contributed by atoms with Crippen LogP contribution < -0.4 is 15.4 Å². The van der Waals surface area contributed by atoms with Crippen molar-refractivity contribution in [2.45, 2.75) is 13.5 Å². The Morgan fingerprint density at radius 2 is 1.77 bits per heavy atom. The Labute approximate surface area is 152 Å². The Morgan fingerprint density at radius 1 is 1.04 bits per heavy atom. The quantitative estimate of drug-likeness (QED) is 0.713. The zero-order chi connectivity index (χ0) is 18.4. The van der Waals surface area contributed by atoms with Crippen LogP contribution in [0.5, 0.6) is 5.75 Å². The summed E-state index contributed by atoms with van der Waals surface area (Å²) < 4.78 is 5.15. The van der Waals surface area contributed by atoms with Crippen molar-refractivity contribution in [1.82, 2.24) is 15.3 Å². The van der Waals surface area contributed by atoms with Gasteiger partial charge in [0, 0.05) is 18.3 Å². The molecule has 0 fully saturated rings. The molecule has 0 saturated heterocycles. The fourth-order valence-electron chi connectivity index (χ4n) is 2.44. The number of hydrogen-bond acceptors (Lipinski definition) is 5. The minimum absolute atomic E-state index is 0.239. The van der Waals surface area contributed by atoms with Gasteiger partial charge in [0.1, 0.15) is 23.1 Å². The molecular formula is C20H20N4O2. The van der Waals surface area contributed by atoms with Crippen LogP contribution >= 0.6 is 0 Å². The summed E-state index contributed by atoms with van der Waals surface area (Å²) in [6.45, 7) is 2.21. The summed E-state index contributed by atoms with van der Waals surface area (Å²) in [5, 5.41) is 6.05. The van der Waals surface area contributed by atoms with Crippen LogP contribution in [-0.2, 0) is 6.54 Å². The second-order valence-electron chi connectivity index (χ2n) is 5.71. The zero-order valence-electron chi connectivity index (χ0n) is 14.7. The summed E-state index contributed by atoms with van der Waals surface area (Å²) >= 11 is 0. The molecule has 1 amide bonds. The van der Waals surface area contributed by atoms with E-state index in [-0.39, 0.29) is 5.91 Å². The van der Waals surface area contributed by atoms with Crippen molar-refractivity contribution < 1.29 is 9.53 Å². The third-order valence-electron chi connectivity index (χ3n) is 3.73. The molecule has 0 aliphatic carbocycles. The zero-order valence-corrected chi connectivity index (χ0v) is 14.7. The van der Waals surface area contributed by atoms with Crippen LogP contribution in [0.3, 0.4) is 0 Å². The third kappa shape index (κ3) is 4.57. The van der Waals surface area contributed by atoms with Gasteiger partial charge in [-0.2, -0.15) is 0 Å². The minimum atomic E-state index is -0.239. The first-order valence-electron chi connectivity index (χ1n) is 8.23. The molecule has 0 aliphatic rings. The van der Waals surface area contributed by atoms with E-state index in [9.17, 15) is 4.79 Å². The molecule has 26 heavy (non-hydrogen) atoms. The smallest absolute Gasteiger partial charge is 0.270 e. The number of rotatable bonds is 6. The van der Waals surface area contributed by atoms with E-state index in [1.807, 2.05) is 54.6 Å². The lowest BCUT2D eigenvalue weighted by Crippen LogP contribution is -2.24. The highest BCUT2D eigenvalue weighted by atomic mass is 16.5. The first-order chi connectivity index (χ1) is 12.6. The minimum Gasteiger partial charge on any atom is -0.497 e. The van der Waals surface area contributed by atoms with Gasteiger partial charge >= 0.3 is 0 Å². The summed E-state index contributed by atoms with van der Waals surface area (Å²) in [5.74, 6) is 1.62. The highest BCUT2D eigenvalue weighted by molar-refractivity contribution is 5.93. The van der Waals surface area contributed by atoms with E-state index in [1.54, 1.807) is 20.1 Å². The molecule has 0 aliphatic heterocycles. The van der Waals surface area contributed by atoms with Gasteiger partial charge in [-0.05, 0) is 36.8 Å². The fourth-order valence-corrected chi connectivity index (χ4v) is 2.44. The average molecular weight is 348 g/mol. The molecular weight excluding hydrogens is 328 g/mol. The van der Waals surface area contributed by atoms with Crippen molar-refractivity contribution in [3.8, 4) is 5.75 Å². The number of aryl methyl sites for hydroxylation is 1. The van der Waals surface area contributed by atoms with Crippen molar-refractivity contribution in [2.24, 2.45) is 0 Å². The SMILES string of the molecule is COc1ccc(Nc2cc(C(=O)NCc3ccccc3)nc(C)n2)cc1. The van der Waals surface area contributed by atoms with Crippen LogP contribution in [0.1, 0.15) is 21.9 Å². The number of hydrogen-bond donors (Lipinski definition) is 2. The number of carbonyl (C=O) groups excluding carboxylic acids is 1. The second kappa shape index (κ2) is 8.11. The standard InChI is InChI=1S/C20H20N4O2/c1-14-22-18(20(25)21-13-15-6-4-3-5-7-15)12-19(23-14)24-16-8-10-17(26-2)11-9-16/h3-12H,13H2,1-2H3,(H,21,25)(H,22,23,24). The molecule has 0 radical (unpaired) electrons. The lowest BCUT2D eigenvalue weighted by atomic mass is 10.2. The molecule has 0 saturated carbocycles. The monoisotopic (exact) mass is 348 g/mol. The van der Waals surface area contributed by atoms with Gasteiger partial charge in [-0.3, -0.25) is 4.79 Å².